The monoisotopic (exact) mass is 428 g/mol. The van der Waals surface area contributed by atoms with Crippen LogP contribution in [-0.4, -0.2) is 20.1 Å². The standard InChI is InChI=1S/C26H24N2O4/c1-18-5-4-6-20(13-18)17-32-24-12-7-19(15-25(24)31-3)14-21(16-27)26(29)28-22-8-10-23(30-2)11-9-22/h4-15H,17H2,1-3H3,(H,28,29)/b21-14+. The molecule has 32 heavy (non-hydrogen) atoms. The summed E-state index contributed by atoms with van der Waals surface area (Å²) in [6.45, 7) is 2.43. The minimum atomic E-state index is -0.503. The molecule has 3 aromatic rings. The van der Waals surface area contributed by atoms with E-state index in [0.29, 0.717) is 35.1 Å². The van der Waals surface area contributed by atoms with Crippen molar-refractivity contribution >= 4 is 17.7 Å². The molecule has 1 amide bonds. The van der Waals surface area contributed by atoms with Crippen molar-refractivity contribution in [1.82, 2.24) is 0 Å². The Morgan fingerprint density at radius 3 is 2.44 bits per heavy atom. The predicted molar refractivity (Wildman–Crippen MR) is 124 cm³/mol. The Kier molecular flexibility index (Phi) is 7.50. The van der Waals surface area contributed by atoms with Gasteiger partial charge in [-0.15, -0.1) is 0 Å². The van der Waals surface area contributed by atoms with Crippen molar-refractivity contribution in [2.75, 3.05) is 19.5 Å². The highest BCUT2D eigenvalue weighted by Crippen LogP contribution is 2.30. The largest absolute Gasteiger partial charge is 0.497 e. The maximum atomic E-state index is 12.5. The average molecular weight is 428 g/mol. The average Bonchev–Trinajstić information content (AvgIpc) is 2.82. The maximum absolute atomic E-state index is 12.5. The second-order valence-corrected chi connectivity index (χ2v) is 7.04. The van der Waals surface area contributed by atoms with Crippen LogP contribution in [0.2, 0.25) is 0 Å². The van der Waals surface area contributed by atoms with Crippen molar-refractivity contribution in [3.8, 4) is 23.3 Å². The first-order valence-corrected chi connectivity index (χ1v) is 9.96. The first-order valence-electron chi connectivity index (χ1n) is 9.96. The molecule has 6 nitrogen and oxygen atoms in total. The van der Waals surface area contributed by atoms with Crippen LogP contribution in [0.25, 0.3) is 6.08 Å². The lowest BCUT2D eigenvalue weighted by atomic mass is 10.1. The van der Waals surface area contributed by atoms with Crippen molar-refractivity contribution in [2.45, 2.75) is 13.5 Å². The van der Waals surface area contributed by atoms with Crippen LogP contribution in [0.5, 0.6) is 17.2 Å². The number of amides is 1. The number of nitrogens with zero attached hydrogens (tertiary/aromatic N) is 1. The third-order valence-electron chi connectivity index (χ3n) is 4.69. The smallest absolute Gasteiger partial charge is 0.266 e. The minimum Gasteiger partial charge on any atom is -0.497 e. The highest BCUT2D eigenvalue weighted by molar-refractivity contribution is 6.09. The maximum Gasteiger partial charge on any atom is 0.266 e. The number of ether oxygens (including phenoxy) is 3. The van der Waals surface area contributed by atoms with Gasteiger partial charge in [-0.05, 0) is 60.5 Å². The third kappa shape index (κ3) is 5.89. The van der Waals surface area contributed by atoms with Crippen LogP contribution in [0.3, 0.4) is 0 Å². The zero-order chi connectivity index (χ0) is 22.9. The highest BCUT2D eigenvalue weighted by atomic mass is 16.5. The molecule has 0 unspecified atom stereocenters. The predicted octanol–water partition coefficient (Wildman–Crippen LogP) is 5.14. The van der Waals surface area contributed by atoms with E-state index < -0.39 is 5.91 Å². The Labute approximate surface area is 187 Å². The Bertz CT molecular complexity index is 1160. The molecule has 0 aliphatic carbocycles. The lowest BCUT2D eigenvalue weighted by Gasteiger charge is -2.12. The second kappa shape index (κ2) is 10.7. The van der Waals surface area contributed by atoms with Crippen LogP contribution in [0.1, 0.15) is 16.7 Å². The van der Waals surface area contributed by atoms with Crippen LogP contribution in [0, 0.1) is 18.3 Å². The molecule has 0 radical (unpaired) electrons. The summed E-state index contributed by atoms with van der Waals surface area (Å²) in [7, 11) is 3.11. The van der Waals surface area contributed by atoms with Gasteiger partial charge >= 0.3 is 0 Å². The zero-order valence-electron chi connectivity index (χ0n) is 18.2. The molecule has 0 bridgehead atoms. The van der Waals surface area contributed by atoms with E-state index in [9.17, 15) is 10.1 Å². The molecule has 3 rings (SSSR count). The number of anilines is 1. The van der Waals surface area contributed by atoms with Crippen molar-refractivity contribution in [3.05, 3.63) is 89.0 Å². The second-order valence-electron chi connectivity index (χ2n) is 7.04. The summed E-state index contributed by atoms with van der Waals surface area (Å²) in [6.07, 6.45) is 1.51. The molecular formula is C26H24N2O4. The summed E-state index contributed by atoms with van der Waals surface area (Å²) < 4.78 is 16.4. The molecule has 0 aliphatic rings. The normalized spacial score (nSPS) is 10.8. The number of nitrogens with one attached hydrogen (secondary N) is 1. The number of aryl methyl sites for hydroxylation is 1. The summed E-state index contributed by atoms with van der Waals surface area (Å²) in [4.78, 5) is 12.5. The van der Waals surface area contributed by atoms with Gasteiger partial charge in [-0.25, -0.2) is 0 Å². The molecule has 0 aromatic heterocycles. The van der Waals surface area contributed by atoms with Gasteiger partial charge in [0.15, 0.2) is 11.5 Å². The zero-order valence-corrected chi connectivity index (χ0v) is 18.2. The van der Waals surface area contributed by atoms with Gasteiger partial charge in [-0.2, -0.15) is 5.26 Å². The van der Waals surface area contributed by atoms with Crippen LogP contribution >= 0.6 is 0 Å². The molecule has 0 spiro atoms. The van der Waals surface area contributed by atoms with Gasteiger partial charge in [0.2, 0.25) is 0 Å². The molecule has 1 N–H and O–H groups in total. The van der Waals surface area contributed by atoms with Crippen LogP contribution < -0.4 is 19.5 Å². The fraction of sp³-hybridized carbons (Fsp3) is 0.154. The van der Waals surface area contributed by atoms with Gasteiger partial charge in [0.05, 0.1) is 14.2 Å². The topological polar surface area (TPSA) is 80.6 Å². The minimum absolute atomic E-state index is 0.0312. The van der Waals surface area contributed by atoms with Gasteiger partial charge in [-0.1, -0.05) is 35.9 Å². The molecule has 0 heterocycles. The van der Waals surface area contributed by atoms with E-state index in [0.717, 1.165) is 11.1 Å². The van der Waals surface area contributed by atoms with E-state index in [-0.39, 0.29) is 5.57 Å². The Balaban J connectivity index is 1.73. The van der Waals surface area contributed by atoms with E-state index in [1.807, 2.05) is 31.2 Å². The molecular weight excluding hydrogens is 404 g/mol. The lowest BCUT2D eigenvalue weighted by molar-refractivity contribution is -0.112. The number of benzene rings is 3. The quantitative estimate of drug-likeness (QED) is 0.397. The molecule has 0 aliphatic heterocycles. The van der Waals surface area contributed by atoms with Crippen molar-refractivity contribution in [1.29, 1.82) is 5.26 Å². The first kappa shape index (κ1) is 22.4. The van der Waals surface area contributed by atoms with E-state index in [1.54, 1.807) is 56.7 Å². The van der Waals surface area contributed by atoms with Gasteiger partial charge in [0, 0.05) is 5.69 Å². The first-order chi connectivity index (χ1) is 15.5. The van der Waals surface area contributed by atoms with E-state index in [4.69, 9.17) is 14.2 Å². The van der Waals surface area contributed by atoms with Gasteiger partial charge in [-0.3, -0.25) is 4.79 Å². The van der Waals surface area contributed by atoms with E-state index in [1.165, 1.54) is 6.08 Å². The van der Waals surface area contributed by atoms with Crippen molar-refractivity contribution in [3.63, 3.8) is 0 Å². The Morgan fingerprint density at radius 1 is 1.00 bits per heavy atom. The molecule has 0 saturated heterocycles. The third-order valence-corrected chi connectivity index (χ3v) is 4.69. The van der Waals surface area contributed by atoms with E-state index in [2.05, 4.69) is 11.4 Å². The molecule has 162 valence electrons. The number of hydrogen-bond donors (Lipinski definition) is 1. The van der Waals surface area contributed by atoms with E-state index >= 15 is 0 Å². The number of methoxy groups -OCH3 is 2. The Hall–Kier alpha value is -4.24. The number of rotatable bonds is 8. The molecule has 6 heteroatoms. The Morgan fingerprint density at radius 2 is 1.78 bits per heavy atom. The summed E-state index contributed by atoms with van der Waals surface area (Å²) in [5.74, 6) is 1.26. The fourth-order valence-corrected chi connectivity index (χ4v) is 3.04. The number of carbonyl (C=O) groups excluding carboxylic acids is 1. The van der Waals surface area contributed by atoms with Crippen LogP contribution in [0.4, 0.5) is 5.69 Å². The molecule has 0 atom stereocenters. The fourth-order valence-electron chi connectivity index (χ4n) is 3.04. The number of nitriles is 1. The van der Waals surface area contributed by atoms with Crippen LogP contribution in [-0.2, 0) is 11.4 Å². The van der Waals surface area contributed by atoms with Gasteiger partial charge in [0.25, 0.3) is 5.91 Å². The SMILES string of the molecule is COc1ccc(NC(=O)/C(C#N)=C/c2ccc(OCc3cccc(C)c3)c(OC)c2)cc1. The van der Waals surface area contributed by atoms with Crippen LogP contribution in [0.15, 0.2) is 72.3 Å². The lowest BCUT2D eigenvalue weighted by Crippen LogP contribution is -2.13. The van der Waals surface area contributed by atoms with Crippen molar-refractivity contribution in [2.24, 2.45) is 0 Å². The number of carbonyl (C=O) groups is 1. The molecule has 3 aromatic carbocycles. The van der Waals surface area contributed by atoms with Gasteiger partial charge in [0.1, 0.15) is 24.0 Å². The number of hydrogen-bond acceptors (Lipinski definition) is 5. The summed E-state index contributed by atoms with van der Waals surface area (Å²) in [6, 6.07) is 22.1. The molecule has 0 fully saturated rings. The van der Waals surface area contributed by atoms with Crippen molar-refractivity contribution < 1.29 is 19.0 Å². The summed E-state index contributed by atoms with van der Waals surface area (Å²) >= 11 is 0. The molecule has 0 saturated carbocycles. The highest BCUT2D eigenvalue weighted by Gasteiger charge is 2.11. The summed E-state index contributed by atoms with van der Waals surface area (Å²) in [5.41, 5.74) is 3.39. The van der Waals surface area contributed by atoms with Gasteiger partial charge < -0.3 is 19.5 Å². The summed E-state index contributed by atoms with van der Waals surface area (Å²) in [5, 5.41) is 12.2.